The number of anilines is 1. The molecule has 3 aromatic carbocycles. The normalized spacial score (nSPS) is 16.6. The zero-order valence-electron chi connectivity index (χ0n) is 53.3. The number of hydrazine groups is 2. The highest BCUT2D eigenvalue weighted by Gasteiger charge is 2.67. The van der Waals surface area contributed by atoms with E-state index in [1.165, 1.54) is 5.53 Å². The molecular weight excluding hydrogens is 1740 g/mol. The minimum absolute atomic E-state index is 0.0545. The average Bonchev–Trinajstić information content (AvgIpc) is 1.53. The molecule has 634 valence electrons. The van der Waals surface area contributed by atoms with Crippen molar-refractivity contribution in [1.82, 2.24) is 14.7 Å². The molecule has 1 atom stereocenters. The Labute approximate surface area is 603 Å². The number of carboxylic acids is 1. The van der Waals surface area contributed by atoms with Gasteiger partial charge in [0.25, 0.3) is 59.9 Å². The number of thiophene rings is 1. The third kappa shape index (κ3) is 16.3. The van der Waals surface area contributed by atoms with Crippen molar-refractivity contribution in [3.05, 3.63) is 85.6 Å². The number of carboxylic acid groups (broad SMARTS) is 1. The lowest BCUT2D eigenvalue weighted by Gasteiger charge is -2.27. The topological polar surface area (TPSA) is 170 Å². The van der Waals surface area contributed by atoms with Gasteiger partial charge >= 0.3 is 98.3 Å². The number of ether oxygens (including phenoxy) is 6. The van der Waals surface area contributed by atoms with Crippen molar-refractivity contribution in [2.24, 2.45) is 29.1 Å². The summed E-state index contributed by atoms with van der Waals surface area (Å²) in [5, 5.41) is 4.23. The van der Waals surface area contributed by atoms with Crippen molar-refractivity contribution in [3.63, 3.8) is 0 Å². The van der Waals surface area contributed by atoms with Crippen LogP contribution in [0.2, 0.25) is 0 Å². The van der Waals surface area contributed by atoms with E-state index < -0.39 is 337 Å². The molecule has 60 heteroatoms. The quantitative estimate of drug-likeness (QED) is 0.0542. The second kappa shape index (κ2) is 27.2. The first-order chi connectivity index (χ1) is 51.6. The third-order valence-corrected chi connectivity index (χ3v) is 16.8. The summed E-state index contributed by atoms with van der Waals surface area (Å²) in [6.07, 6.45) is -137. The van der Waals surface area contributed by atoms with Crippen molar-refractivity contribution >= 4 is 73.4 Å². The third-order valence-electron chi connectivity index (χ3n) is 15.6. The Kier molecular flexibility index (Phi) is 20.6. The van der Waals surface area contributed by atoms with Gasteiger partial charge in [-0.2, -0.15) is 194 Å². The van der Waals surface area contributed by atoms with E-state index in [4.69, 9.17) is 0 Å². The van der Waals surface area contributed by atoms with Gasteiger partial charge in [-0.15, -0.1) is 11.3 Å². The molecule has 115 heavy (non-hydrogen) atoms. The number of amidine groups is 3. The number of hydrogen-bond donors (Lipinski definition) is 3. The molecule has 3 aromatic heterocycles. The Balaban J connectivity index is 1.62. The van der Waals surface area contributed by atoms with E-state index in [2.05, 4.69) is 43.4 Å². The van der Waals surface area contributed by atoms with Crippen molar-refractivity contribution < 1.29 is 232 Å². The molecule has 1 unspecified atom stereocenters. The summed E-state index contributed by atoms with van der Waals surface area (Å²) < 4.78 is 646. The lowest BCUT2D eigenvalue weighted by molar-refractivity contribution is -0.786. The van der Waals surface area contributed by atoms with E-state index in [1.54, 1.807) is 5.32 Å². The summed E-state index contributed by atoms with van der Waals surface area (Å²) in [7, 11) is 0.0456. The largest absolute Gasteiger partial charge is 0.478 e. The molecule has 4 aliphatic heterocycles. The zero-order chi connectivity index (χ0) is 87.2. The second-order valence-corrected chi connectivity index (χ2v) is 24.5. The minimum atomic E-state index is -7.11. The lowest BCUT2D eigenvalue weighted by atomic mass is 10.0. The van der Waals surface area contributed by atoms with Gasteiger partial charge in [-0.3, -0.25) is 4.57 Å². The number of aliphatic imine (C=N–C) groups is 1. The molecule has 3 N–H and O–H groups in total. The number of aromatic nitrogens is 2. The summed E-state index contributed by atoms with van der Waals surface area (Å²) in [6.45, 7) is 0. The molecule has 7 heterocycles. The fourth-order valence-electron chi connectivity index (χ4n) is 11.3. The number of nitrogens with one attached hydrogen (secondary N) is 2. The van der Waals surface area contributed by atoms with Crippen LogP contribution in [0, 0.1) is 0 Å². The van der Waals surface area contributed by atoms with Gasteiger partial charge in [0, 0.05) is 24.0 Å². The van der Waals surface area contributed by atoms with Gasteiger partial charge in [0.1, 0.15) is 62.6 Å². The van der Waals surface area contributed by atoms with E-state index in [9.17, 15) is 181 Å². The maximum absolute atomic E-state index is 16.1. The predicted octanol–water partition coefficient (Wildman–Crippen LogP) is 17.1. The standard InChI is InChI=1S/C55H21F42N9O8S/c1-103-27-18-11(109-36(44(62,63)64)45(65,66)67)3-4-12(110-37(46(68,69)70)47(71,72)73)19(18)28(103)99-31-22-15(113-40(52(86,87)88)53(89,90)91)7-8-16(114-41(54(92,93)94)55(95,96)97)23(22)33-101-34-26-24(25(43(59,60)61)17(115-26)9-10(35(107)108)42(56,57)58)29(104(34)2)100-32-21-14(112-39(50(80,81)82)51(83,84)85)6-5-13(111-38(48(74,75)76)49(77,78)79)20(21)30(98-27)105(32)102-106(31)33/h3-9,30,36-41H,1-2H3,(H-,98,101,102,107,108)/p+2. The van der Waals surface area contributed by atoms with Crippen LogP contribution >= 0.6 is 11.3 Å². The first-order valence-electron chi connectivity index (χ1n) is 29.0. The second-order valence-electron chi connectivity index (χ2n) is 23.5. The van der Waals surface area contributed by atoms with E-state index >= 15 is 13.2 Å². The van der Waals surface area contributed by atoms with Gasteiger partial charge in [0.05, 0.1) is 32.0 Å². The van der Waals surface area contributed by atoms with Gasteiger partial charge in [0.2, 0.25) is 0 Å². The molecule has 0 spiro atoms. The van der Waals surface area contributed by atoms with Crippen molar-refractivity contribution in [2.75, 3.05) is 5.32 Å². The number of nitrogens with zero attached hydrogens (tertiary/aromatic N) is 7. The van der Waals surface area contributed by atoms with Crippen molar-refractivity contribution in [2.45, 2.75) is 129 Å². The Morgan fingerprint density at radius 3 is 1.15 bits per heavy atom. The SMILES string of the molecule is Cn1c2c3c(OC(C(F)(F)F)C(F)(F)F)ccc(OC(C(F)(F)F)C(F)(F)F)c3c1NC1c3c(OC(C(F)(F)F)C(F)(F)F)ccc(OC(C(F)(F)F)C(F)(F)F)c3C3=[N+]1N[N+]1=C(N=c4c5sc(C=C(C(=O)O)C(F)(F)F)c(C(F)(F)F)c5c(n4C)=N3)c3c(OC(C(F)(F)F)C(F)(F)F)ccc(OC(C(F)(F)F)C(F)(F)F)c3C1=N2. The maximum Gasteiger partial charge on any atom is 0.434 e. The Morgan fingerprint density at radius 2 is 0.774 bits per heavy atom. The minimum Gasteiger partial charge on any atom is -0.478 e. The number of benzene rings is 3. The van der Waals surface area contributed by atoms with E-state index in [1.807, 2.05) is 0 Å². The summed E-state index contributed by atoms with van der Waals surface area (Å²) >= 11 is -0.991. The summed E-state index contributed by atoms with van der Waals surface area (Å²) in [5.74, 6) is -30.9. The van der Waals surface area contributed by atoms with Gasteiger partial charge in [0.15, 0.2) is 11.3 Å². The number of hydrogen-bond acceptors (Lipinski definition) is 13. The molecule has 6 bridgehead atoms. The lowest BCUT2D eigenvalue weighted by Crippen LogP contribution is -2.48. The molecule has 0 aliphatic carbocycles. The number of fused-ring (bicyclic) bond motifs is 16. The maximum atomic E-state index is 16.1. The van der Waals surface area contributed by atoms with Crippen LogP contribution in [0.25, 0.3) is 26.9 Å². The molecule has 0 saturated heterocycles. The van der Waals surface area contributed by atoms with Crippen LogP contribution in [-0.2, 0) is 25.1 Å². The molecular formula is C55H23F42N9O8S+2. The molecule has 0 saturated carbocycles. The average molecular weight is 1770 g/mol. The molecule has 17 nitrogen and oxygen atoms in total. The van der Waals surface area contributed by atoms with E-state index in [0.717, 1.165) is 0 Å². The predicted molar refractivity (Wildman–Crippen MR) is 289 cm³/mol. The molecule has 6 aromatic rings. The molecule has 4 aliphatic rings. The number of carbonyl (C=O) groups is 1. The molecule has 0 amide bonds. The molecule has 10 rings (SSSR count). The molecule has 0 fully saturated rings. The van der Waals surface area contributed by atoms with Crippen LogP contribution < -0.4 is 50.2 Å². The summed E-state index contributed by atoms with van der Waals surface area (Å²) in [4.78, 5) is 20.8. The fourth-order valence-corrected chi connectivity index (χ4v) is 12.6. The Hall–Kier alpha value is -10.3. The monoisotopic (exact) mass is 1770 g/mol. The number of rotatable bonds is 14. The zero-order valence-corrected chi connectivity index (χ0v) is 54.1. The number of aliphatic carboxylic acids is 1. The highest BCUT2D eigenvalue weighted by Crippen LogP contribution is 2.56. The van der Waals surface area contributed by atoms with Gasteiger partial charge in [-0.25, -0.2) is 4.79 Å². The van der Waals surface area contributed by atoms with Crippen molar-refractivity contribution in [1.29, 1.82) is 0 Å². The summed E-state index contributed by atoms with van der Waals surface area (Å²) in [5.41, 5.74) is -18.6. The van der Waals surface area contributed by atoms with Crippen LogP contribution in [0.15, 0.2) is 56.9 Å². The molecule has 0 radical (unpaired) electrons. The van der Waals surface area contributed by atoms with Gasteiger partial charge in [-0.05, 0) is 48.0 Å². The van der Waals surface area contributed by atoms with E-state index in [-0.39, 0.29) is 18.7 Å². The van der Waals surface area contributed by atoms with Gasteiger partial charge in [-0.1, -0.05) is 9.37 Å². The highest BCUT2D eigenvalue weighted by molar-refractivity contribution is 7.20. The summed E-state index contributed by atoms with van der Waals surface area (Å²) in [6, 6.07) is -3.99. The Morgan fingerprint density at radius 1 is 0.435 bits per heavy atom. The first-order valence-corrected chi connectivity index (χ1v) is 29.8. The van der Waals surface area contributed by atoms with Crippen molar-refractivity contribution in [3.8, 4) is 34.5 Å². The number of halogens is 42. The first kappa shape index (κ1) is 87.1. The van der Waals surface area contributed by atoms with Crippen LogP contribution in [0.1, 0.15) is 38.9 Å². The smallest absolute Gasteiger partial charge is 0.434 e. The fraction of sp³-hybridized carbons (Fsp3) is 0.418. The van der Waals surface area contributed by atoms with Gasteiger partial charge < -0.3 is 43.4 Å². The van der Waals surface area contributed by atoms with Crippen LogP contribution in [-0.4, -0.2) is 164 Å². The Bertz CT molecular complexity index is 5090. The van der Waals surface area contributed by atoms with E-state index in [0.29, 0.717) is 0 Å². The van der Waals surface area contributed by atoms with Crippen LogP contribution in [0.3, 0.4) is 0 Å². The van der Waals surface area contributed by atoms with Crippen LogP contribution in [0.5, 0.6) is 34.5 Å². The highest BCUT2D eigenvalue weighted by atomic mass is 32.1. The van der Waals surface area contributed by atoms with Crippen LogP contribution in [0.4, 0.5) is 196 Å². The number of hydrazone groups is 2. The number of alkyl halides is 42.